The first-order valence-electron chi connectivity index (χ1n) is 11.7. The van der Waals surface area contributed by atoms with Crippen LogP contribution in [0.2, 0.25) is 0 Å². The van der Waals surface area contributed by atoms with E-state index in [0.717, 1.165) is 28.0 Å². The summed E-state index contributed by atoms with van der Waals surface area (Å²) in [5.74, 6) is 0.803. The van der Waals surface area contributed by atoms with Gasteiger partial charge >= 0.3 is 5.97 Å². The number of carbonyl (C=O) groups is 2. The average Bonchev–Trinajstić information content (AvgIpc) is 3.49. The van der Waals surface area contributed by atoms with Gasteiger partial charge in [0.25, 0.3) is 0 Å². The highest BCUT2D eigenvalue weighted by molar-refractivity contribution is 7.99. The Balaban J connectivity index is 1.42. The van der Waals surface area contributed by atoms with Gasteiger partial charge in [0.05, 0.1) is 12.9 Å². The van der Waals surface area contributed by atoms with Gasteiger partial charge in [-0.1, -0.05) is 53.7 Å². The number of methoxy groups -OCH3 is 1. The van der Waals surface area contributed by atoms with Crippen LogP contribution < -0.4 is 10.1 Å². The van der Waals surface area contributed by atoms with Crippen molar-refractivity contribution in [3.8, 4) is 16.9 Å². The van der Waals surface area contributed by atoms with E-state index in [4.69, 9.17) is 9.47 Å². The Hall–Kier alpha value is -3.63. The molecule has 0 aliphatic carbocycles. The molecule has 192 valence electrons. The molecule has 2 heterocycles. The SMILES string of the molecule is CCn1c(COc2cccc(C)c2)nnc1SCC(=O)Nc1scc(-c2ccc(C)cc2)c1C(=O)OC. The van der Waals surface area contributed by atoms with Gasteiger partial charge in [0, 0.05) is 17.5 Å². The number of benzene rings is 2. The molecule has 2 aromatic carbocycles. The van der Waals surface area contributed by atoms with Crippen LogP contribution in [0.15, 0.2) is 59.1 Å². The summed E-state index contributed by atoms with van der Waals surface area (Å²) in [7, 11) is 1.33. The minimum Gasteiger partial charge on any atom is -0.486 e. The van der Waals surface area contributed by atoms with Crippen molar-refractivity contribution in [1.82, 2.24) is 14.8 Å². The van der Waals surface area contributed by atoms with Gasteiger partial charge < -0.3 is 19.4 Å². The molecule has 1 N–H and O–H groups in total. The molecular formula is C27H28N4O4S2. The molecule has 37 heavy (non-hydrogen) atoms. The quantitative estimate of drug-likeness (QED) is 0.204. The van der Waals surface area contributed by atoms with Crippen LogP contribution >= 0.6 is 23.1 Å². The fourth-order valence-corrected chi connectivity index (χ4v) is 5.49. The first kappa shape index (κ1) is 26.4. The number of ether oxygens (including phenoxy) is 2. The van der Waals surface area contributed by atoms with E-state index in [1.165, 1.54) is 30.2 Å². The maximum absolute atomic E-state index is 12.8. The van der Waals surface area contributed by atoms with E-state index >= 15 is 0 Å². The molecule has 0 aliphatic heterocycles. The zero-order valence-electron chi connectivity index (χ0n) is 21.1. The van der Waals surface area contributed by atoms with Crippen LogP contribution in [0.4, 0.5) is 5.00 Å². The number of carbonyl (C=O) groups excluding carboxylic acids is 2. The van der Waals surface area contributed by atoms with Gasteiger partial charge in [0.1, 0.15) is 22.9 Å². The Bertz CT molecular complexity index is 1400. The van der Waals surface area contributed by atoms with Crippen LogP contribution in [0, 0.1) is 13.8 Å². The van der Waals surface area contributed by atoms with Gasteiger partial charge in [-0.05, 0) is 44.0 Å². The van der Waals surface area contributed by atoms with Crippen molar-refractivity contribution in [2.75, 3.05) is 18.2 Å². The summed E-state index contributed by atoms with van der Waals surface area (Å²) in [6.45, 7) is 6.91. The topological polar surface area (TPSA) is 95.3 Å². The van der Waals surface area contributed by atoms with Crippen molar-refractivity contribution in [2.45, 2.75) is 39.1 Å². The van der Waals surface area contributed by atoms with Crippen LogP contribution in [0.5, 0.6) is 5.75 Å². The summed E-state index contributed by atoms with van der Waals surface area (Å²) in [4.78, 5) is 25.4. The smallest absolute Gasteiger partial charge is 0.341 e. The van der Waals surface area contributed by atoms with E-state index in [2.05, 4.69) is 15.5 Å². The Labute approximate surface area is 224 Å². The maximum Gasteiger partial charge on any atom is 0.341 e. The number of esters is 1. The van der Waals surface area contributed by atoms with E-state index in [-0.39, 0.29) is 18.3 Å². The number of anilines is 1. The molecule has 4 aromatic rings. The van der Waals surface area contributed by atoms with Gasteiger partial charge in [-0.15, -0.1) is 21.5 Å². The second-order valence-electron chi connectivity index (χ2n) is 8.30. The molecule has 0 saturated carbocycles. The van der Waals surface area contributed by atoms with Gasteiger partial charge in [-0.2, -0.15) is 0 Å². The number of amides is 1. The molecule has 0 atom stereocenters. The molecule has 0 fully saturated rings. The van der Waals surface area contributed by atoms with Crippen LogP contribution in [-0.2, 0) is 22.7 Å². The number of aromatic nitrogens is 3. The fourth-order valence-electron chi connectivity index (χ4n) is 3.70. The van der Waals surface area contributed by atoms with Crippen LogP contribution in [-0.4, -0.2) is 39.5 Å². The summed E-state index contributed by atoms with van der Waals surface area (Å²) in [6, 6.07) is 15.7. The number of thiophene rings is 1. The van der Waals surface area contributed by atoms with Gasteiger partial charge in [-0.25, -0.2) is 4.79 Å². The van der Waals surface area contributed by atoms with Crippen molar-refractivity contribution in [3.05, 3.63) is 76.4 Å². The predicted octanol–water partition coefficient (Wildman–Crippen LogP) is 5.74. The third kappa shape index (κ3) is 6.39. The average molecular weight is 537 g/mol. The summed E-state index contributed by atoms with van der Waals surface area (Å²) in [5, 5.41) is 14.3. The molecule has 0 spiro atoms. The largest absolute Gasteiger partial charge is 0.486 e. The Kier molecular flexibility index (Phi) is 8.62. The van der Waals surface area contributed by atoms with Crippen molar-refractivity contribution in [3.63, 3.8) is 0 Å². The number of rotatable bonds is 10. The van der Waals surface area contributed by atoms with Crippen LogP contribution in [0.25, 0.3) is 11.1 Å². The Morgan fingerprint density at radius 1 is 1.08 bits per heavy atom. The lowest BCUT2D eigenvalue weighted by molar-refractivity contribution is -0.113. The monoisotopic (exact) mass is 536 g/mol. The third-order valence-electron chi connectivity index (χ3n) is 5.60. The standard InChI is InChI=1S/C27H28N4O4S2/c1-5-31-22(14-35-20-8-6-7-18(3)13-20)29-30-27(31)37-16-23(32)28-25-24(26(33)34-4)21(15-36-25)19-11-9-17(2)10-12-19/h6-13,15H,5,14,16H2,1-4H3,(H,28,32). The lowest BCUT2D eigenvalue weighted by Gasteiger charge is -2.10. The van der Waals surface area contributed by atoms with Crippen molar-refractivity contribution >= 4 is 40.0 Å². The predicted molar refractivity (Wildman–Crippen MR) is 146 cm³/mol. The maximum atomic E-state index is 12.8. The molecule has 0 unspecified atom stereocenters. The van der Waals surface area contributed by atoms with Crippen molar-refractivity contribution in [2.24, 2.45) is 0 Å². The highest BCUT2D eigenvalue weighted by Gasteiger charge is 2.23. The first-order chi connectivity index (χ1) is 17.9. The molecule has 0 saturated heterocycles. The number of aryl methyl sites for hydroxylation is 2. The summed E-state index contributed by atoms with van der Waals surface area (Å²) in [5.41, 5.74) is 4.19. The normalized spacial score (nSPS) is 10.8. The molecule has 0 radical (unpaired) electrons. The molecule has 10 heteroatoms. The third-order valence-corrected chi connectivity index (χ3v) is 7.46. The molecule has 2 aromatic heterocycles. The van der Waals surface area contributed by atoms with Gasteiger partial charge in [0.15, 0.2) is 11.0 Å². The Morgan fingerprint density at radius 2 is 1.86 bits per heavy atom. The second-order valence-corrected chi connectivity index (χ2v) is 10.1. The van der Waals surface area contributed by atoms with E-state index in [1.54, 1.807) is 0 Å². The highest BCUT2D eigenvalue weighted by atomic mass is 32.2. The summed E-state index contributed by atoms with van der Waals surface area (Å²) < 4.78 is 12.8. The first-order valence-corrected chi connectivity index (χ1v) is 13.6. The van der Waals surface area contributed by atoms with E-state index in [1.807, 2.05) is 79.2 Å². The minimum atomic E-state index is -0.497. The second kappa shape index (κ2) is 12.1. The van der Waals surface area contributed by atoms with Gasteiger partial charge in [0.2, 0.25) is 5.91 Å². The lowest BCUT2D eigenvalue weighted by atomic mass is 10.0. The molecular weight excluding hydrogens is 508 g/mol. The zero-order chi connectivity index (χ0) is 26.4. The molecule has 4 rings (SSSR count). The molecule has 0 aliphatic rings. The number of nitrogens with zero attached hydrogens (tertiary/aromatic N) is 3. The van der Waals surface area contributed by atoms with E-state index < -0.39 is 5.97 Å². The summed E-state index contributed by atoms with van der Waals surface area (Å²) in [6.07, 6.45) is 0. The van der Waals surface area contributed by atoms with Crippen molar-refractivity contribution in [1.29, 1.82) is 0 Å². The minimum absolute atomic E-state index is 0.106. The van der Waals surface area contributed by atoms with Crippen LogP contribution in [0.1, 0.15) is 34.2 Å². The number of thioether (sulfide) groups is 1. The molecule has 0 bridgehead atoms. The van der Waals surface area contributed by atoms with Gasteiger partial charge in [-0.3, -0.25) is 4.79 Å². The van der Waals surface area contributed by atoms with E-state index in [0.29, 0.717) is 28.1 Å². The number of hydrogen-bond acceptors (Lipinski definition) is 8. The number of hydrogen-bond donors (Lipinski definition) is 1. The molecule has 8 nitrogen and oxygen atoms in total. The number of nitrogens with one attached hydrogen (secondary N) is 1. The van der Waals surface area contributed by atoms with Crippen molar-refractivity contribution < 1.29 is 19.1 Å². The van der Waals surface area contributed by atoms with E-state index in [9.17, 15) is 9.59 Å². The Morgan fingerprint density at radius 3 is 2.57 bits per heavy atom. The van der Waals surface area contributed by atoms with Crippen LogP contribution in [0.3, 0.4) is 0 Å². The lowest BCUT2D eigenvalue weighted by Crippen LogP contribution is -2.16. The highest BCUT2D eigenvalue weighted by Crippen LogP contribution is 2.36. The zero-order valence-corrected chi connectivity index (χ0v) is 22.7. The summed E-state index contributed by atoms with van der Waals surface area (Å²) >= 11 is 2.57. The fraction of sp³-hybridized carbons (Fsp3) is 0.259. The molecule has 1 amide bonds.